The molecule has 124 valence electrons. The van der Waals surface area contributed by atoms with Crippen LogP contribution in [-0.4, -0.2) is 21.4 Å². The number of aromatic nitrogens is 2. The van der Waals surface area contributed by atoms with E-state index in [1.54, 1.807) is 0 Å². The first-order valence-corrected chi connectivity index (χ1v) is 8.63. The standard InChI is InChI=1S/C18H14N4O2S/c23-22(24)16-17(21-11-10-13-6-4-5-9-15(13)21)19-12-20-18(16)25-14-7-2-1-3-8-14/h1-9,12H,10-11H2. The molecule has 0 spiro atoms. The molecule has 0 radical (unpaired) electrons. The van der Waals surface area contributed by atoms with Crippen LogP contribution in [0.1, 0.15) is 5.56 Å². The molecule has 6 nitrogen and oxygen atoms in total. The number of nitro groups is 1. The minimum absolute atomic E-state index is 0.0481. The van der Waals surface area contributed by atoms with Gasteiger partial charge < -0.3 is 4.90 Å². The summed E-state index contributed by atoms with van der Waals surface area (Å²) >= 11 is 1.28. The predicted octanol–water partition coefficient (Wildman–Crippen LogP) is 4.23. The van der Waals surface area contributed by atoms with Gasteiger partial charge in [-0.05, 0) is 30.2 Å². The molecule has 0 atom stereocenters. The van der Waals surface area contributed by atoms with Crippen LogP contribution < -0.4 is 4.90 Å². The second kappa shape index (κ2) is 6.52. The molecule has 0 bridgehead atoms. The fourth-order valence-electron chi connectivity index (χ4n) is 2.94. The summed E-state index contributed by atoms with van der Waals surface area (Å²) in [6.07, 6.45) is 2.24. The summed E-state index contributed by atoms with van der Waals surface area (Å²) in [6, 6.07) is 17.4. The number of rotatable bonds is 4. The Morgan fingerprint density at radius 3 is 2.60 bits per heavy atom. The van der Waals surface area contributed by atoms with Crippen molar-refractivity contribution >= 4 is 29.0 Å². The highest BCUT2D eigenvalue weighted by atomic mass is 32.2. The van der Waals surface area contributed by atoms with Gasteiger partial charge in [0.15, 0.2) is 5.03 Å². The van der Waals surface area contributed by atoms with Gasteiger partial charge in [0.2, 0.25) is 5.82 Å². The van der Waals surface area contributed by atoms with E-state index in [1.165, 1.54) is 23.7 Å². The quantitative estimate of drug-likeness (QED) is 0.398. The maximum atomic E-state index is 11.8. The summed E-state index contributed by atoms with van der Waals surface area (Å²) in [5.41, 5.74) is 2.10. The lowest BCUT2D eigenvalue weighted by Crippen LogP contribution is -2.17. The minimum Gasteiger partial charge on any atom is -0.320 e. The number of para-hydroxylation sites is 1. The van der Waals surface area contributed by atoms with Gasteiger partial charge in [0.1, 0.15) is 6.33 Å². The molecule has 4 rings (SSSR count). The van der Waals surface area contributed by atoms with Crippen LogP contribution in [0.4, 0.5) is 17.2 Å². The first-order valence-electron chi connectivity index (χ1n) is 7.82. The van der Waals surface area contributed by atoms with Crippen molar-refractivity contribution in [3.05, 3.63) is 76.6 Å². The monoisotopic (exact) mass is 350 g/mol. The number of nitrogens with zero attached hydrogens (tertiary/aromatic N) is 4. The van der Waals surface area contributed by atoms with Gasteiger partial charge in [-0.1, -0.05) is 48.2 Å². The lowest BCUT2D eigenvalue weighted by Gasteiger charge is -2.18. The predicted molar refractivity (Wildman–Crippen MR) is 96.4 cm³/mol. The van der Waals surface area contributed by atoms with Crippen LogP contribution in [0.5, 0.6) is 0 Å². The fraction of sp³-hybridized carbons (Fsp3) is 0.111. The molecule has 7 heteroatoms. The molecule has 0 saturated carbocycles. The van der Waals surface area contributed by atoms with Crippen LogP contribution in [0.25, 0.3) is 0 Å². The smallest absolute Gasteiger partial charge is 0.320 e. The normalized spacial score (nSPS) is 12.9. The van der Waals surface area contributed by atoms with Gasteiger partial charge in [-0.25, -0.2) is 9.97 Å². The Kier molecular flexibility index (Phi) is 4.07. The third kappa shape index (κ3) is 2.94. The lowest BCUT2D eigenvalue weighted by atomic mass is 10.2. The largest absolute Gasteiger partial charge is 0.344 e. The molecule has 0 saturated heterocycles. The van der Waals surface area contributed by atoms with Crippen molar-refractivity contribution in [1.29, 1.82) is 0 Å². The Labute approximate surface area is 148 Å². The van der Waals surface area contributed by atoms with Gasteiger partial charge in [-0.2, -0.15) is 0 Å². The van der Waals surface area contributed by atoms with E-state index in [9.17, 15) is 10.1 Å². The zero-order valence-corrected chi connectivity index (χ0v) is 14.0. The van der Waals surface area contributed by atoms with E-state index >= 15 is 0 Å². The molecule has 0 aliphatic carbocycles. The van der Waals surface area contributed by atoms with E-state index in [-0.39, 0.29) is 10.6 Å². The molecule has 3 aromatic rings. The lowest BCUT2D eigenvalue weighted by molar-refractivity contribution is -0.387. The highest BCUT2D eigenvalue weighted by Crippen LogP contribution is 2.42. The van der Waals surface area contributed by atoms with E-state index in [1.807, 2.05) is 59.5 Å². The first-order chi connectivity index (χ1) is 12.2. The second-order valence-corrected chi connectivity index (χ2v) is 6.62. The van der Waals surface area contributed by atoms with Crippen LogP contribution in [0.15, 0.2) is 70.8 Å². The molecule has 0 unspecified atom stereocenters. The first kappa shape index (κ1) is 15.6. The molecule has 2 heterocycles. The maximum Gasteiger partial charge on any atom is 0.344 e. The van der Waals surface area contributed by atoms with Crippen LogP contribution in [0, 0.1) is 10.1 Å². The number of anilines is 2. The van der Waals surface area contributed by atoms with E-state index in [0.717, 1.165) is 17.0 Å². The Morgan fingerprint density at radius 2 is 1.80 bits per heavy atom. The van der Waals surface area contributed by atoms with Crippen LogP contribution >= 0.6 is 11.8 Å². The number of hydrogen-bond donors (Lipinski definition) is 0. The molecule has 0 fully saturated rings. The van der Waals surface area contributed by atoms with Crippen LogP contribution in [0.2, 0.25) is 0 Å². The highest BCUT2D eigenvalue weighted by molar-refractivity contribution is 7.99. The summed E-state index contributed by atoms with van der Waals surface area (Å²) in [5.74, 6) is 0.350. The molecular weight excluding hydrogens is 336 g/mol. The fourth-order valence-corrected chi connectivity index (χ4v) is 3.82. The van der Waals surface area contributed by atoms with Crippen molar-refractivity contribution in [2.24, 2.45) is 0 Å². The van der Waals surface area contributed by atoms with E-state index in [0.29, 0.717) is 17.4 Å². The number of benzene rings is 2. The van der Waals surface area contributed by atoms with E-state index in [2.05, 4.69) is 9.97 Å². The Morgan fingerprint density at radius 1 is 1.04 bits per heavy atom. The van der Waals surface area contributed by atoms with Crippen molar-refractivity contribution in [2.75, 3.05) is 11.4 Å². The summed E-state index contributed by atoms with van der Waals surface area (Å²) in [5, 5.41) is 12.1. The van der Waals surface area contributed by atoms with Crippen molar-refractivity contribution in [1.82, 2.24) is 9.97 Å². The van der Waals surface area contributed by atoms with Gasteiger partial charge in [0.05, 0.1) is 4.92 Å². The van der Waals surface area contributed by atoms with Crippen molar-refractivity contribution in [3.63, 3.8) is 0 Å². The summed E-state index contributed by atoms with van der Waals surface area (Å²) < 4.78 is 0. The number of hydrogen-bond acceptors (Lipinski definition) is 6. The molecule has 25 heavy (non-hydrogen) atoms. The average molecular weight is 350 g/mol. The third-order valence-electron chi connectivity index (χ3n) is 4.05. The Hall–Kier alpha value is -2.93. The molecule has 2 aromatic carbocycles. The molecule has 0 N–H and O–H groups in total. The topological polar surface area (TPSA) is 72.2 Å². The zero-order valence-electron chi connectivity index (χ0n) is 13.2. The van der Waals surface area contributed by atoms with Crippen molar-refractivity contribution in [3.8, 4) is 0 Å². The maximum absolute atomic E-state index is 11.8. The van der Waals surface area contributed by atoms with Gasteiger partial charge in [0, 0.05) is 17.1 Å². The van der Waals surface area contributed by atoms with E-state index < -0.39 is 0 Å². The highest BCUT2D eigenvalue weighted by Gasteiger charge is 2.31. The summed E-state index contributed by atoms with van der Waals surface area (Å²) in [7, 11) is 0. The van der Waals surface area contributed by atoms with Crippen LogP contribution in [-0.2, 0) is 6.42 Å². The van der Waals surface area contributed by atoms with Gasteiger partial charge in [0.25, 0.3) is 0 Å². The van der Waals surface area contributed by atoms with Gasteiger partial charge in [-0.15, -0.1) is 0 Å². The molecule has 1 aliphatic heterocycles. The van der Waals surface area contributed by atoms with E-state index in [4.69, 9.17) is 0 Å². The second-order valence-electron chi connectivity index (χ2n) is 5.55. The Bertz CT molecular complexity index is 933. The van der Waals surface area contributed by atoms with Gasteiger partial charge >= 0.3 is 5.69 Å². The third-order valence-corrected chi connectivity index (χ3v) is 5.05. The van der Waals surface area contributed by atoms with Gasteiger partial charge in [-0.3, -0.25) is 10.1 Å². The molecular formula is C18H14N4O2S. The van der Waals surface area contributed by atoms with Crippen LogP contribution in [0.3, 0.4) is 0 Å². The zero-order chi connectivity index (χ0) is 17.2. The van der Waals surface area contributed by atoms with Crippen molar-refractivity contribution in [2.45, 2.75) is 16.3 Å². The minimum atomic E-state index is -0.387. The molecule has 1 aromatic heterocycles. The Balaban J connectivity index is 1.79. The molecule has 0 amide bonds. The summed E-state index contributed by atoms with van der Waals surface area (Å²) in [6.45, 7) is 0.673. The summed E-state index contributed by atoms with van der Waals surface area (Å²) in [4.78, 5) is 22.6. The average Bonchev–Trinajstić information content (AvgIpc) is 3.06. The SMILES string of the molecule is O=[N+]([O-])c1c(Sc2ccccc2)ncnc1N1CCc2ccccc21. The van der Waals surface area contributed by atoms with Crippen molar-refractivity contribution < 1.29 is 4.92 Å². The molecule has 1 aliphatic rings. The number of fused-ring (bicyclic) bond motifs is 1.